The average molecular weight is 398 g/mol. The monoisotopic (exact) mass is 397 g/mol. The molecule has 1 aromatic carbocycles. The van der Waals surface area contributed by atoms with E-state index in [4.69, 9.17) is 0 Å². The van der Waals surface area contributed by atoms with Crippen LogP contribution >= 0.6 is 0 Å². The molecule has 0 atom stereocenters. The molecule has 0 aliphatic carbocycles. The smallest absolute Gasteiger partial charge is 0.279 e. The van der Waals surface area contributed by atoms with Crippen LogP contribution in [0.2, 0.25) is 0 Å². The topological polar surface area (TPSA) is 91.2 Å². The summed E-state index contributed by atoms with van der Waals surface area (Å²) in [6.07, 6.45) is 0. The van der Waals surface area contributed by atoms with Crippen LogP contribution in [0.3, 0.4) is 0 Å². The molecule has 8 nitrogen and oxygen atoms in total. The maximum atomic E-state index is 12.6. The molecule has 27 heavy (non-hydrogen) atoms. The van der Waals surface area contributed by atoms with Crippen LogP contribution in [0.4, 0.5) is 5.69 Å². The number of hydrogen-bond donors (Lipinski definition) is 2. The number of nitrogens with zero attached hydrogens (tertiary/aromatic N) is 2. The Balaban J connectivity index is 1.98. The van der Waals surface area contributed by atoms with E-state index in [2.05, 4.69) is 5.32 Å². The predicted molar refractivity (Wildman–Crippen MR) is 103 cm³/mol. The van der Waals surface area contributed by atoms with Gasteiger partial charge in [-0.3, -0.25) is 9.59 Å². The van der Waals surface area contributed by atoms with Gasteiger partial charge in [-0.15, -0.1) is 0 Å². The number of hydrogen-bond acceptors (Lipinski definition) is 4. The third-order valence-electron chi connectivity index (χ3n) is 4.79. The highest BCUT2D eigenvalue weighted by Crippen LogP contribution is 2.19. The van der Waals surface area contributed by atoms with Crippen LogP contribution in [0.5, 0.6) is 0 Å². The van der Waals surface area contributed by atoms with E-state index < -0.39 is 10.0 Å². The molecule has 0 bridgehead atoms. The van der Waals surface area contributed by atoms with Crippen LogP contribution in [0.1, 0.15) is 20.8 Å². The zero-order valence-electron chi connectivity index (χ0n) is 16.2. The summed E-state index contributed by atoms with van der Waals surface area (Å²) < 4.78 is 26.6. The maximum absolute atomic E-state index is 12.6. The molecule has 0 unspecified atom stereocenters. The lowest BCUT2D eigenvalue weighted by atomic mass is 10.3. The number of nitrogens with one attached hydrogen (secondary N) is 2. The zero-order chi connectivity index (χ0) is 20.0. The zero-order valence-corrected chi connectivity index (χ0v) is 17.0. The van der Waals surface area contributed by atoms with Crippen LogP contribution < -0.4 is 10.2 Å². The quantitative estimate of drug-likeness (QED) is 0.643. The van der Waals surface area contributed by atoms with Crippen molar-refractivity contribution in [2.45, 2.75) is 25.7 Å². The molecule has 0 saturated carbocycles. The molecule has 0 radical (unpaired) electrons. The van der Waals surface area contributed by atoms with Crippen LogP contribution in [0, 0.1) is 0 Å². The van der Waals surface area contributed by atoms with Gasteiger partial charge in [-0.2, -0.15) is 4.31 Å². The number of sulfonamides is 1. The van der Waals surface area contributed by atoms with E-state index in [1.165, 1.54) is 16.4 Å². The van der Waals surface area contributed by atoms with Crippen LogP contribution in [-0.2, 0) is 19.6 Å². The molecule has 2 N–H and O–H groups in total. The van der Waals surface area contributed by atoms with Gasteiger partial charge in [-0.25, -0.2) is 8.42 Å². The molecule has 1 aliphatic heterocycles. The van der Waals surface area contributed by atoms with Crippen molar-refractivity contribution in [3.8, 4) is 0 Å². The maximum Gasteiger partial charge on any atom is 0.279 e. The highest BCUT2D eigenvalue weighted by molar-refractivity contribution is 7.89. The molecule has 9 heteroatoms. The summed E-state index contributed by atoms with van der Waals surface area (Å²) in [7, 11) is -3.56. The fourth-order valence-electron chi connectivity index (χ4n) is 3.19. The van der Waals surface area contributed by atoms with E-state index in [9.17, 15) is 18.0 Å². The summed E-state index contributed by atoms with van der Waals surface area (Å²) >= 11 is 0. The number of carbonyl (C=O) groups is 2. The third-order valence-corrected chi connectivity index (χ3v) is 6.83. The van der Waals surface area contributed by atoms with Crippen LogP contribution in [0.15, 0.2) is 29.2 Å². The summed E-state index contributed by atoms with van der Waals surface area (Å²) in [5.41, 5.74) is 0.468. The van der Waals surface area contributed by atoms with Crippen molar-refractivity contribution in [3.05, 3.63) is 24.3 Å². The van der Waals surface area contributed by atoms with Crippen LogP contribution in [0.25, 0.3) is 0 Å². The van der Waals surface area contributed by atoms with E-state index in [0.29, 0.717) is 38.4 Å². The van der Waals surface area contributed by atoms with Gasteiger partial charge in [0.15, 0.2) is 6.54 Å². The summed E-state index contributed by atoms with van der Waals surface area (Å²) in [5.74, 6) is -0.108. The SMILES string of the molecule is CCN(CC)S(=O)(=O)c1cccc(NC(=O)C[NH+]2CCN(C(C)=O)CC2)c1. The Morgan fingerprint density at radius 3 is 2.37 bits per heavy atom. The van der Waals surface area contributed by atoms with Gasteiger partial charge in [0, 0.05) is 25.7 Å². The first-order valence-corrected chi connectivity index (χ1v) is 10.7. The van der Waals surface area contributed by atoms with E-state index in [-0.39, 0.29) is 16.7 Å². The highest BCUT2D eigenvalue weighted by atomic mass is 32.2. The van der Waals surface area contributed by atoms with Crippen LogP contribution in [-0.4, -0.2) is 75.3 Å². The van der Waals surface area contributed by atoms with Crippen molar-refractivity contribution >= 4 is 27.5 Å². The first-order valence-electron chi connectivity index (χ1n) is 9.27. The first-order chi connectivity index (χ1) is 12.8. The Morgan fingerprint density at radius 2 is 1.81 bits per heavy atom. The van der Waals surface area contributed by atoms with Crippen molar-refractivity contribution in [2.24, 2.45) is 0 Å². The fourth-order valence-corrected chi connectivity index (χ4v) is 4.70. The molecule has 2 amide bonds. The summed E-state index contributed by atoms with van der Waals surface area (Å²) in [6.45, 7) is 8.96. The fraction of sp³-hybridized carbons (Fsp3) is 0.556. The largest absolute Gasteiger partial charge is 0.332 e. The lowest BCUT2D eigenvalue weighted by molar-refractivity contribution is -0.895. The summed E-state index contributed by atoms with van der Waals surface area (Å²) in [4.78, 5) is 26.8. The van der Waals surface area contributed by atoms with E-state index in [0.717, 1.165) is 18.0 Å². The summed E-state index contributed by atoms with van der Waals surface area (Å²) in [5, 5.41) is 2.79. The standard InChI is InChI=1S/C18H28N4O4S/c1-4-22(5-2)27(25,26)17-8-6-7-16(13-17)19-18(24)14-20-9-11-21(12-10-20)15(3)23/h6-8,13H,4-5,9-12,14H2,1-3H3,(H,19,24)/p+1. The minimum Gasteiger partial charge on any atom is -0.332 e. The van der Waals surface area contributed by atoms with Gasteiger partial charge in [0.25, 0.3) is 5.91 Å². The van der Waals surface area contributed by atoms with E-state index in [1.807, 2.05) is 0 Å². The van der Waals surface area contributed by atoms with Crippen molar-refractivity contribution < 1.29 is 22.9 Å². The summed E-state index contributed by atoms with van der Waals surface area (Å²) in [6, 6.07) is 6.34. The van der Waals surface area contributed by atoms with Gasteiger partial charge in [-0.1, -0.05) is 19.9 Å². The minimum absolute atomic E-state index is 0.0599. The van der Waals surface area contributed by atoms with Gasteiger partial charge >= 0.3 is 0 Å². The molecule has 150 valence electrons. The van der Waals surface area contributed by atoms with Gasteiger partial charge < -0.3 is 15.1 Å². The molecular weight excluding hydrogens is 368 g/mol. The lowest BCUT2D eigenvalue weighted by Gasteiger charge is -2.31. The molecule has 1 saturated heterocycles. The average Bonchev–Trinajstić information content (AvgIpc) is 2.63. The lowest BCUT2D eigenvalue weighted by Crippen LogP contribution is -3.15. The predicted octanol–water partition coefficient (Wildman–Crippen LogP) is -0.597. The van der Waals surface area contributed by atoms with Gasteiger partial charge in [0.2, 0.25) is 15.9 Å². The van der Waals surface area contributed by atoms with Gasteiger partial charge in [0.05, 0.1) is 31.1 Å². The Hall–Kier alpha value is -1.97. The third kappa shape index (κ3) is 5.50. The number of rotatable bonds is 7. The number of quaternary nitrogens is 1. The second-order valence-electron chi connectivity index (χ2n) is 6.60. The van der Waals surface area contributed by atoms with Gasteiger partial charge in [-0.05, 0) is 18.2 Å². The van der Waals surface area contributed by atoms with Crippen molar-refractivity contribution in [3.63, 3.8) is 0 Å². The Labute approximate surface area is 161 Å². The van der Waals surface area contributed by atoms with Crippen molar-refractivity contribution in [1.29, 1.82) is 0 Å². The van der Waals surface area contributed by atoms with Crippen molar-refractivity contribution in [1.82, 2.24) is 9.21 Å². The van der Waals surface area contributed by atoms with E-state index in [1.54, 1.807) is 37.8 Å². The number of anilines is 1. The minimum atomic E-state index is -3.56. The highest BCUT2D eigenvalue weighted by Gasteiger charge is 2.24. The first kappa shape index (κ1) is 21.3. The second kappa shape index (κ2) is 9.29. The molecular formula is C18H29N4O4S+. The molecule has 1 aliphatic rings. The molecule has 1 heterocycles. The second-order valence-corrected chi connectivity index (χ2v) is 8.54. The molecule has 0 spiro atoms. The van der Waals surface area contributed by atoms with Crippen molar-refractivity contribution in [2.75, 3.05) is 51.1 Å². The number of amides is 2. The van der Waals surface area contributed by atoms with Gasteiger partial charge in [0.1, 0.15) is 0 Å². The molecule has 2 rings (SSSR count). The Bertz CT molecular complexity index is 769. The normalized spacial score (nSPS) is 15.8. The number of carbonyl (C=O) groups excluding carboxylic acids is 2. The molecule has 1 fully saturated rings. The Morgan fingerprint density at radius 1 is 1.19 bits per heavy atom. The molecule has 1 aromatic rings. The Kier molecular flexibility index (Phi) is 7.34. The number of benzene rings is 1. The number of piperazine rings is 1. The van der Waals surface area contributed by atoms with E-state index >= 15 is 0 Å². The molecule has 0 aromatic heterocycles.